The van der Waals surface area contributed by atoms with Crippen LogP contribution in [0.15, 0.2) is 16.8 Å². The fourth-order valence-corrected chi connectivity index (χ4v) is 4.01. The predicted molar refractivity (Wildman–Crippen MR) is 76.5 cm³/mol. The van der Waals surface area contributed by atoms with Crippen molar-refractivity contribution in [3.05, 3.63) is 38.0 Å². The van der Waals surface area contributed by atoms with E-state index in [9.17, 15) is 9.59 Å². The standard InChI is InChI=1S/C13H12N2O3S2/c16-11(12-15-9(6-20-12)13(17)18)14-8-2-1-3-10-7(8)4-5-19-10/h4-6,8H,1-3H2,(H,14,16)(H,17,18). The SMILES string of the molecule is O=C(O)c1csc(C(=O)NC2CCCc3sccc32)n1. The minimum absolute atomic E-state index is 0.00896. The zero-order chi connectivity index (χ0) is 14.1. The number of thiazole rings is 1. The molecule has 0 fully saturated rings. The van der Waals surface area contributed by atoms with Crippen molar-refractivity contribution in [3.8, 4) is 0 Å². The van der Waals surface area contributed by atoms with E-state index < -0.39 is 5.97 Å². The van der Waals surface area contributed by atoms with Gasteiger partial charge in [-0.2, -0.15) is 0 Å². The Morgan fingerprint density at radius 1 is 1.40 bits per heavy atom. The van der Waals surface area contributed by atoms with E-state index >= 15 is 0 Å². The van der Waals surface area contributed by atoms with Crippen molar-refractivity contribution in [3.63, 3.8) is 0 Å². The highest BCUT2D eigenvalue weighted by molar-refractivity contribution is 7.12. The van der Waals surface area contributed by atoms with Crippen LogP contribution in [0.25, 0.3) is 0 Å². The van der Waals surface area contributed by atoms with Gasteiger partial charge in [-0.05, 0) is 36.3 Å². The molecule has 5 nitrogen and oxygen atoms in total. The van der Waals surface area contributed by atoms with Crippen molar-refractivity contribution >= 4 is 34.6 Å². The van der Waals surface area contributed by atoms with E-state index in [-0.39, 0.29) is 22.7 Å². The first-order chi connectivity index (χ1) is 9.65. The Kier molecular flexibility index (Phi) is 3.54. The number of carboxylic acid groups (broad SMARTS) is 1. The lowest BCUT2D eigenvalue weighted by atomic mass is 9.94. The summed E-state index contributed by atoms with van der Waals surface area (Å²) in [5.41, 5.74) is 1.10. The molecule has 3 rings (SSSR count). The number of nitrogens with zero attached hydrogens (tertiary/aromatic N) is 1. The van der Waals surface area contributed by atoms with E-state index in [1.165, 1.54) is 15.8 Å². The number of carboxylic acids is 1. The van der Waals surface area contributed by atoms with E-state index in [4.69, 9.17) is 5.11 Å². The highest BCUT2D eigenvalue weighted by Gasteiger charge is 2.24. The number of carbonyl (C=O) groups excluding carboxylic acids is 1. The van der Waals surface area contributed by atoms with Crippen LogP contribution in [-0.2, 0) is 6.42 Å². The van der Waals surface area contributed by atoms with Crippen LogP contribution in [0.1, 0.15) is 49.6 Å². The van der Waals surface area contributed by atoms with Gasteiger partial charge in [0.25, 0.3) is 5.91 Å². The van der Waals surface area contributed by atoms with Crippen molar-refractivity contribution in [2.75, 3.05) is 0 Å². The summed E-state index contributed by atoms with van der Waals surface area (Å²) in [6.07, 6.45) is 3.03. The van der Waals surface area contributed by atoms with E-state index in [0.29, 0.717) is 0 Å². The molecule has 2 N–H and O–H groups in total. The number of hydrogen-bond acceptors (Lipinski definition) is 5. The highest BCUT2D eigenvalue weighted by Crippen LogP contribution is 2.33. The fraction of sp³-hybridized carbons (Fsp3) is 0.308. The van der Waals surface area contributed by atoms with E-state index in [2.05, 4.69) is 16.4 Å². The van der Waals surface area contributed by atoms with Crippen LogP contribution in [0.5, 0.6) is 0 Å². The molecule has 1 aliphatic carbocycles. The van der Waals surface area contributed by atoms with E-state index in [0.717, 1.165) is 30.6 Å². The Morgan fingerprint density at radius 3 is 3.00 bits per heavy atom. The molecule has 0 aliphatic heterocycles. The first-order valence-corrected chi connectivity index (χ1v) is 7.97. The molecule has 2 aromatic rings. The molecule has 2 aromatic heterocycles. The maximum atomic E-state index is 12.1. The molecular formula is C13H12N2O3S2. The van der Waals surface area contributed by atoms with Gasteiger partial charge in [0.1, 0.15) is 0 Å². The molecule has 1 unspecified atom stereocenters. The maximum absolute atomic E-state index is 12.1. The number of rotatable bonds is 3. The van der Waals surface area contributed by atoms with Gasteiger partial charge in [0.05, 0.1) is 6.04 Å². The summed E-state index contributed by atoms with van der Waals surface area (Å²) in [6, 6.07) is 2.06. The Hall–Kier alpha value is -1.73. The van der Waals surface area contributed by atoms with Gasteiger partial charge in [0.15, 0.2) is 10.7 Å². The molecule has 7 heteroatoms. The van der Waals surface area contributed by atoms with Crippen LogP contribution >= 0.6 is 22.7 Å². The van der Waals surface area contributed by atoms with E-state index in [1.807, 2.05) is 5.38 Å². The minimum Gasteiger partial charge on any atom is -0.476 e. The Balaban J connectivity index is 1.75. The average molecular weight is 308 g/mol. The first kappa shape index (κ1) is 13.3. The molecule has 0 radical (unpaired) electrons. The minimum atomic E-state index is -1.11. The summed E-state index contributed by atoms with van der Waals surface area (Å²) in [5, 5.41) is 15.4. The summed E-state index contributed by atoms with van der Waals surface area (Å²) < 4.78 is 0. The lowest BCUT2D eigenvalue weighted by Gasteiger charge is -2.23. The van der Waals surface area contributed by atoms with Crippen molar-refractivity contribution in [1.29, 1.82) is 0 Å². The molecule has 20 heavy (non-hydrogen) atoms. The molecule has 0 spiro atoms. The zero-order valence-corrected chi connectivity index (χ0v) is 12.1. The van der Waals surface area contributed by atoms with Gasteiger partial charge in [0.2, 0.25) is 0 Å². The highest BCUT2D eigenvalue weighted by atomic mass is 32.1. The Bertz CT molecular complexity index is 662. The number of thiophene rings is 1. The van der Waals surface area contributed by atoms with Crippen LogP contribution in [-0.4, -0.2) is 22.0 Å². The fourth-order valence-electron chi connectivity index (χ4n) is 2.33. The largest absolute Gasteiger partial charge is 0.476 e. The van der Waals surface area contributed by atoms with Gasteiger partial charge < -0.3 is 10.4 Å². The smallest absolute Gasteiger partial charge is 0.355 e. The number of amides is 1. The number of fused-ring (bicyclic) bond motifs is 1. The summed E-state index contributed by atoms with van der Waals surface area (Å²) in [5.74, 6) is -1.41. The Morgan fingerprint density at radius 2 is 2.25 bits per heavy atom. The molecule has 0 saturated heterocycles. The molecular weight excluding hydrogens is 296 g/mol. The van der Waals surface area contributed by atoms with Crippen LogP contribution in [0.3, 0.4) is 0 Å². The second-order valence-corrected chi connectivity index (χ2v) is 6.42. The van der Waals surface area contributed by atoms with Gasteiger partial charge in [-0.25, -0.2) is 9.78 Å². The van der Waals surface area contributed by atoms with Crippen LogP contribution < -0.4 is 5.32 Å². The molecule has 2 heterocycles. The van der Waals surface area contributed by atoms with Gasteiger partial charge in [-0.15, -0.1) is 22.7 Å². The van der Waals surface area contributed by atoms with Crippen LogP contribution in [0.4, 0.5) is 0 Å². The second-order valence-electron chi connectivity index (χ2n) is 4.56. The van der Waals surface area contributed by atoms with Gasteiger partial charge >= 0.3 is 5.97 Å². The lowest BCUT2D eigenvalue weighted by Crippen LogP contribution is -2.30. The summed E-state index contributed by atoms with van der Waals surface area (Å²) in [4.78, 5) is 28.1. The van der Waals surface area contributed by atoms with E-state index in [1.54, 1.807) is 11.3 Å². The first-order valence-electron chi connectivity index (χ1n) is 6.21. The van der Waals surface area contributed by atoms with Crippen molar-refractivity contribution in [2.24, 2.45) is 0 Å². The summed E-state index contributed by atoms with van der Waals surface area (Å²) >= 11 is 2.77. The van der Waals surface area contributed by atoms with Crippen molar-refractivity contribution < 1.29 is 14.7 Å². The third-order valence-corrected chi connectivity index (χ3v) is 5.11. The maximum Gasteiger partial charge on any atom is 0.355 e. The number of aromatic carboxylic acids is 1. The molecule has 1 atom stereocenters. The predicted octanol–water partition coefficient (Wildman–Crippen LogP) is 2.71. The van der Waals surface area contributed by atoms with Gasteiger partial charge in [-0.1, -0.05) is 0 Å². The number of nitrogens with one attached hydrogen (secondary N) is 1. The lowest BCUT2D eigenvalue weighted by molar-refractivity contribution is 0.0691. The Labute approximate surface area is 123 Å². The molecule has 104 valence electrons. The molecule has 1 aliphatic rings. The third-order valence-electron chi connectivity index (χ3n) is 3.27. The monoisotopic (exact) mass is 308 g/mol. The summed E-state index contributed by atoms with van der Waals surface area (Å²) in [7, 11) is 0. The number of aromatic nitrogens is 1. The van der Waals surface area contributed by atoms with Crippen molar-refractivity contribution in [2.45, 2.75) is 25.3 Å². The third kappa shape index (κ3) is 2.46. The number of carbonyl (C=O) groups is 2. The van der Waals surface area contributed by atoms with Gasteiger partial charge in [0, 0.05) is 10.3 Å². The second kappa shape index (κ2) is 5.34. The molecule has 1 amide bonds. The van der Waals surface area contributed by atoms with Crippen LogP contribution in [0.2, 0.25) is 0 Å². The molecule has 0 bridgehead atoms. The normalized spacial score (nSPS) is 17.5. The number of aryl methyl sites for hydroxylation is 1. The van der Waals surface area contributed by atoms with Crippen LogP contribution in [0, 0.1) is 0 Å². The average Bonchev–Trinajstić information content (AvgIpc) is 3.08. The molecule has 0 aromatic carbocycles. The zero-order valence-electron chi connectivity index (χ0n) is 10.5. The quantitative estimate of drug-likeness (QED) is 0.913. The summed E-state index contributed by atoms with van der Waals surface area (Å²) in [6.45, 7) is 0. The number of hydrogen-bond donors (Lipinski definition) is 2. The topological polar surface area (TPSA) is 79.3 Å². The van der Waals surface area contributed by atoms with Gasteiger partial charge in [-0.3, -0.25) is 4.79 Å². The van der Waals surface area contributed by atoms with Crippen molar-refractivity contribution in [1.82, 2.24) is 10.3 Å². The molecule has 0 saturated carbocycles.